The molecule has 3 fully saturated rings. The van der Waals surface area contributed by atoms with Gasteiger partial charge in [0, 0.05) is 30.9 Å². The van der Waals surface area contributed by atoms with Gasteiger partial charge in [0.05, 0.1) is 33.9 Å². The fraction of sp³-hybridized carbons (Fsp3) is 0.536. The number of hydrogen-bond donors (Lipinski definition) is 1. The molecule has 0 saturated carbocycles. The van der Waals surface area contributed by atoms with Crippen molar-refractivity contribution in [1.29, 1.82) is 0 Å². The Balaban J connectivity index is 1.80. The lowest BCUT2D eigenvalue weighted by atomic mass is 9.66. The first-order valence-electron chi connectivity index (χ1n) is 12.9. The van der Waals surface area contributed by atoms with Gasteiger partial charge in [0.2, 0.25) is 11.8 Å². The van der Waals surface area contributed by atoms with Crippen LogP contribution in [0.5, 0.6) is 0 Å². The van der Waals surface area contributed by atoms with E-state index in [1.165, 1.54) is 4.90 Å². The Morgan fingerprint density at radius 3 is 2.54 bits per heavy atom. The predicted octanol–water partition coefficient (Wildman–Crippen LogP) is 3.76. The first-order chi connectivity index (χ1) is 17.7. The van der Waals surface area contributed by atoms with E-state index in [9.17, 15) is 19.5 Å². The third kappa shape index (κ3) is 4.41. The standard InChI is InChI=1S/C28H36ClN3O4S/c1-5-14-30(15-6-2)24(34)21-22-25(35)32(17-18-33)23(28(22)13-12-27(21,4)37-28)26(36)31(16-7-3)20-11-9-8-10-19(20)29/h5,7-11,21-23,33H,1,3,6,12-18H2,2,4H3/t21-,22-,23?,27+,28?/m0/s1. The van der Waals surface area contributed by atoms with Gasteiger partial charge in [0.1, 0.15) is 6.04 Å². The van der Waals surface area contributed by atoms with E-state index >= 15 is 0 Å². The maximum Gasteiger partial charge on any atom is 0.251 e. The lowest BCUT2D eigenvalue weighted by Crippen LogP contribution is -2.55. The summed E-state index contributed by atoms with van der Waals surface area (Å²) in [5.74, 6) is -1.72. The third-order valence-corrected chi connectivity index (χ3v) is 10.3. The van der Waals surface area contributed by atoms with Crippen LogP contribution in [0, 0.1) is 11.8 Å². The number of fused-ring (bicyclic) bond motifs is 1. The highest BCUT2D eigenvalue weighted by Crippen LogP contribution is 2.71. The van der Waals surface area contributed by atoms with Crippen molar-refractivity contribution >= 4 is 46.8 Å². The number of rotatable bonds is 11. The number of anilines is 1. The highest BCUT2D eigenvalue weighted by molar-refractivity contribution is 8.02. The Kier molecular flexibility index (Phi) is 8.12. The molecule has 3 amide bonds. The largest absolute Gasteiger partial charge is 0.395 e. The maximum absolute atomic E-state index is 14.4. The van der Waals surface area contributed by atoms with Gasteiger partial charge in [0.25, 0.3) is 5.91 Å². The van der Waals surface area contributed by atoms with Crippen molar-refractivity contribution in [2.45, 2.75) is 48.6 Å². The van der Waals surface area contributed by atoms with E-state index in [1.54, 1.807) is 51.9 Å². The molecule has 1 spiro atoms. The van der Waals surface area contributed by atoms with E-state index in [4.69, 9.17) is 11.6 Å². The first kappa shape index (κ1) is 27.7. The molecule has 9 heteroatoms. The summed E-state index contributed by atoms with van der Waals surface area (Å²) in [6, 6.07) is 6.28. The summed E-state index contributed by atoms with van der Waals surface area (Å²) in [5, 5.41) is 10.3. The monoisotopic (exact) mass is 545 g/mol. The summed E-state index contributed by atoms with van der Waals surface area (Å²) < 4.78 is -1.22. The molecular formula is C28H36ClN3O4S. The molecule has 1 N–H and O–H groups in total. The Labute approximate surface area is 228 Å². The van der Waals surface area contributed by atoms with Gasteiger partial charge < -0.3 is 19.8 Å². The molecule has 2 bridgehead atoms. The van der Waals surface area contributed by atoms with Crippen LogP contribution in [0.3, 0.4) is 0 Å². The lowest BCUT2D eigenvalue weighted by molar-refractivity contribution is -0.145. The van der Waals surface area contributed by atoms with Gasteiger partial charge in [-0.3, -0.25) is 14.4 Å². The molecule has 200 valence electrons. The third-order valence-electron chi connectivity index (χ3n) is 7.99. The van der Waals surface area contributed by atoms with Crippen molar-refractivity contribution in [2.24, 2.45) is 11.8 Å². The summed E-state index contributed by atoms with van der Waals surface area (Å²) in [5.41, 5.74) is 0.543. The molecule has 3 saturated heterocycles. The molecule has 2 unspecified atom stereocenters. The minimum absolute atomic E-state index is 0.0292. The van der Waals surface area contributed by atoms with Crippen molar-refractivity contribution in [2.75, 3.05) is 37.7 Å². The number of aliphatic hydroxyl groups is 1. The van der Waals surface area contributed by atoms with E-state index in [-0.39, 0.29) is 37.4 Å². The number of hydrogen-bond acceptors (Lipinski definition) is 5. The van der Waals surface area contributed by atoms with Gasteiger partial charge in [-0.05, 0) is 38.3 Å². The van der Waals surface area contributed by atoms with E-state index in [1.807, 2.05) is 13.0 Å². The SMILES string of the molecule is C=CCN(CCC)C(=O)[C@@H]1[C@H]2C(=O)N(CCO)C(C(=O)N(CC=C)c3ccccc3Cl)C23CC[C@@]1(C)S3. The fourth-order valence-corrected chi connectivity index (χ4v) is 9.18. The van der Waals surface area contributed by atoms with Crippen molar-refractivity contribution in [3.63, 3.8) is 0 Å². The topological polar surface area (TPSA) is 81.2 Å². The number of carbonyl (C=O) groups excluding carboxylic acids is 3. The van der Waals surface area contributed by atoms with Gasteiger partial charge >= 0.3 is 0 Å². The number of likely N-dealkylation sites (tertiary alicyclic amines) is 1. The Bertz CT molecular complexity index is 1100. The number of thioether (sulfide) groups is 1. The lowest BCUT2D eigenvalue weighted by Gasteiger charge is -2.38. The molecule has 0 aromatic heterocycles. The van der Waals surface area contributed by atoms with E-state index in [0.717, 1.165) is 12.8 Å². The smallest absolute Gasteiger partial charge is 0.251 e. The van der Waals surface area contributed by atoms with Crippen LogP contribution in [0.15, 0.2) is 49.6 Å². The van der Waals surface area contributed by atoms with Gasteiger partial charge in [-0.25, -0.2) is 0 Å². The number of nitrogens with zero attached hydrogens (tertiary/aromatic N) is 3. The molecule has 3 heterocycles. The zero-order chi connectivity index (χ0) is 27.0. The molecule has 3 aliphatic heterocycles. The summed E-state index contributed by atoms with van der Waals surface area (Å²) >= 11 is 8.11. The average molecular weight is 546 g/mol. The number of β-amino-alcohol motifs (C(OH)–C–C–N with tert-alkyl or cyclic N) is 1. The van der Waals surface area contributed by atoms with Gasteiger partial charge in [-0.15, -0.1) is 24.9 Å². The molecule has 37 heavy (non-hydrogen) atoms. The number of para-hydroxylation sites is 1. The van der Waals surface area contributed by atoms with Crippen molar-refractivity contribution in [1.82, 2.24) is 9.80 Å². The fourth-order valence-electron chi connectivity index (χ4n) is 6.60. The predicted molar refractivity (Wildman–Crippen MR) is 149 cm³/mol. The van der Waals surface area contributed by atoms with Crippen LogP contribution < -0.4 is 4.90 Å². The van der Waals surface area contributed by atoms with Crippen molar-refractivity contribution < 1.29 is 19.5 Å². The molecule has 5 atom stereocenters. The Morgan fingerprint density at radius 1 is 1.22 bits per heavy atom. The first-order valence-corrected chi connectivity index (χ1v) is 14.1. The molecule has 0 aliphatic carbocycles. The van der Waals surface area contributed by atoms with Crippen LogP contribution in [0.2, 0.25) is 5.02 Å². The van der Waals surface area contributed by atoms with Crippen molar-refractivity contribution in [3.05, 3.63) is 54.6 Å². The van der Waals surface area contributed by atoms with Crippen LogP contribution in [-0.2, 0) is 14.4 Å². The second kappa shape index (κ2) is 10.8. The normalized spacial score (nSPS) is 29.8. The summed E-state index contributed by atoms with van der Waals surface area (Å²) in [4.78, 5) is 47.3. The number of aliphatic hydroxyl groups excluding tert-OH is 1. The second-order valence-electron chi connectivity index (χ2n) is 10.2. The van der Waals surface area contributed by atoms with Gasteiger partial charge in [0.15, 0.2) is 0 Å². The van der Waals surface area contributed by atoms with E-state index in [2.05, 4.69) is 20.1 Å². The minimum atomic E-state index is -0.822. The Morgan fingerprint density at radius 2 is 1.92 bits per heavy atom. The van der Waals surface area contributed by atoms with Crippen LogP contribution >= 0.6 is 23.4 Å². The van der Waals surface area contributed by atoms with E-state index < -0.39 is 27.4 Å². The molecule has 1 aromatic rings. The Hall–Kier alpha value is -2.29. The highest BCUT2D eigenvalue weighted by atomic mass is 35.5. The maximum atomic E-state index is 14.4. The quantitative estimate of drug-likeness (QED) is 0.428. The van der Waals surface area contributed by atoms with Crippen molar-refractivity contribution in [3.8, 4) is 0 Å². The average Bonchev–Trinajstić information content (AvgIpc) is 3.43. The molecule has 3 aliphatic rings. The number of benzene rings is 1. The second-order valence-corrected chi connectivity index (χ2v) is 12.5. The summed E-state index contributed by atoms with van der Waals surface area (Å²) in [6.45, 7) is 12.7. The molecule has 7 nitrogen and oxygen atoms in total. The molecular weight excluding hydrogens is 510 g/mol. The summed E-state index contributed by atoms with van der Waals surface area (Å²) in [7, 11) is 0. The van der Waals surface area contributed by atoms with Crippen LogP contribution in [0.1, 0.15) is 33.1 Å². The van der Waals surface area contributed by atoms with Crippen LogP contribution in [-0.4, -0.2) is 80.9 Å². The van der Waals surface area contributed by atoms with Gasteiger partial charge in [-0.2, -0.15) is 0 Å². The molecule has 0 radical (unpaired) electrons. The van der Waals surface area contributed by atoms with Crippen LogP contribution in [0.25, 0.3) is 0 Å². The zero-order valence-electron chi connectivity index (χ0n) is 21.6. The highest BCUT2D eigenvalue weighted by Gasteiger charge is 2.77. The zero-order valence-corrected chi connectivity index (χ0v) is 23.1. The minimum Gasteiger partial charge on any atom is -0.395 e. The molecule has 4 rings (SSSR count). The summed E-state index contributed by atoms with van der Waals surface area (Å²) in [6.07, 6.45) is 5.52. The van der Waals surface area contributed by atoms with Gasteiger partial charge in [-0.1, -0.05) is 42.8 Å². The van der Waals surface area contributed by atoms with Crippen LogP contribution in [0.4, 0.5) is 5.69 Å². The molecule has 1 aromatic carbocycles. The number of halogens is 1. The van der Waals surface area contributed by atoms with E-state index in [0.29, 0.717) is 30.2 Å². The number of amides is 3. The number of carbonyl (C=O) groups is 3.